The molecule has 2 aromatic carbocycles. The number of rotatable bonds is 4. The molecule has 3 aromatic rings. The van der Waals surface area contributed by atoms with Gasteiger partial charge in [-0.25, -0.2) is 0 Å². The van der Waals surface area contributed by atoms with E-state index >= 15 is 0 Å². The van der Waals surface area contributed by atoms with Crippen LogP contribution in [-0.2, 0) is 9.59 Å². The second-order valence-corrected chi connectivity index (χ2v) is 8.37. The van der Waals surface area contributed by atoms with E-state index < -0.39 is 4.87 Å². The van der Waals surface area contributed by atoms with Crippen molar-refractivity contribution >= 4 is 46.5 Å². The summed E-state index contributed by atoms with van der Waals surface area (Å²) in [7, 11) is 0. The van der Waals surface area contributed by atoms with Crippen LogP contribution in [0.15, 0.2) is 76.2 Å². The van der Waals surface area contributed by atoms with E-state index in [1.807, 2.05) is 24.3 Å². The normalized spacial score (nSPS) is 19.3. The van der Waals surface area contributed by atoms with E-state index in [2.05, 4.69) is 10.6 Å². The van der Waals surface area contributed by atoms with E-state index in [9.17, 15) is 14.4 Å². The zero-order valence-electron chi connectivity index (χ0n) is 15.8. The minimum atomic E-state index is -0.965. The van der Waals surface area contributed by atoms with Crippen LogP contribution in [0, 0.1) is 0 Å². The van der Waals surface area contributed by atoms with Crippen LogP contribution in [0.3, 0.4) is 0 Å². The molecule has 7 nitrogen and oxygen atoms in total. The van der Waals surface area contributed by atoms with Crippen LogP contribution >= 0.6 is 11.8 Å². The number of para-hydroxylation sites is 1. The minimum Gasteiger partial charge on any atom is -0.459 e. The summed E-state index contributed by atoms with van der Waals surface area (Å²) in [5.41, 5.74) is 1.95. The fourth-order valence-corrected chi connectivity index (χ4v) is 5.18. The van der Waals surface area contributed by atoms with Crippen molar-refractivity contribution in [1.82, 2.24) is 0 Å². The Morgan fingerprint density at radius 2 is 1.70 bits per heavy atom. The summed E-state index contributed by atoms with van der Waals surface area (Å²) in [5.74, 6) is -0.410. The lowest BCUT2D eigenvalue weighted by atomic mass is 10.1. The SMILES string of the molecule is O=C(Nc1ccc(NC(=O)C23CCC(=O)N2c2ccccc2S3)cc1)c1ccco1. The van der Waals surface area contributed by atoms with Gasteiger partial charge < -0.3 is 15.1 Å². The lowest BCUT2D eigenvalue weighted by molar-refractivity contribution is -0.121. The molecular weight excluding hydrogens is 402 g/mol. The molecule has 0 spiro atoms. The first-order chi connectivity index (χ1) is 14.6. The molecule has 1 aromatic heterocycles. The maximum atomic E-state index is 13.2. The number of carbonyl (C=O) groups excluding carboxylic acids is 3. The number of hydrogen-bond donors (Lipinski definition) is 2. The molecule has 2 N–H and O–H groups in total. The van der Waals surface area contributed by atoms with E-state index in [0.29, 0.717) is 24.2 Å². The topological polar surface area (TPSA) is 91.7 Å². The summed E-state index contributed by atoms with van der Waals surface area (Å²) in [6.07, 6.45) is 2.23. The number of benzene rings is 2. The Morgan fingerprint density at radius 1 is 0.967 bits per heavy atom. The average Bonchev–Trinajstić information content (AvgIpc) is 3.46. The fourth-order valence-electron chi connectivity index (χ4n) is 3.76. The Morgan fingerprint density at radius 3 is 2.43 bits per heavy atom. The van der Waals surface area contributed by atoms with Crippen LogP contribution < -0.4 is 15.5 Å². The number of fused-ring (bicyclic) bond motifs is 3. The molecule has 1 atom stereocenters. The average molecular weight is 419 g/mol. The van der Waals surface area contributed by atoms with Crippen molar-refractivity contribution in [2.45, 2.75) is 22.6 Å². The third kappa shape index (κ3) is 2.96. The molecule has 1 saturated heterocycles. The monoisotopic (exact) mass is 419 g/mol. The van der Waals surface area contributed by atoms with Crippen molar-refractivity contribution in [2.75, 3.05) is 15.5 Å². The van der Waals surface area contributed by atoms with Gasteiger partial charge in [0.15, 0.2) is 10.6 Å². The third-order valence-electron chi connectivity index (χ3n) is 5.17. The number of thioether (sulfide) groups is 1. The van der Waals surface area contributed by atoms with Crippen molar-refractivity contribution in [2.24, 2.45) is 0 Å². The zero-order valence-corrected chi connectivity index (χ0v) is 16.6. The molecule has 150 valence electrons. The van der Waals surface area contributed by atoms with Gasteiger partial charge in [-0.2, -0.15) is 0 Å². The van der Waals surface area contributed by atoms with Crippen molar-refractivity contribution in [1.29, 1.82) is 0 Å². The fraction of sp³-hybridized carbons (Fsp3) is 0.136. The van der Waals surface area contributed by atoms with Crippen LogP contribution in [0.25, 0.3) is 0 Å². The lowest BCUT2D eigenvalue weighted by Crippen LogP contribution is -2.49. The minimum absolute atomic E-state index is 0.0430. The Kier molecular flexibility index (Phi) is 4.36. The second-order valence-electron chi connectivity index (χ2n) is 7.05. The molecule has 3 heterocycles. The quantitative estimate of drug-likeness (QED) is 0.664. The highest BCUT2D eigenvalue weighted by Gasteiger charge is 2.57. The van der Waals surface area contributed by atoms with Crippen LogP contribution in [-0.4, -0.2) is 22.6 Å². The van der Waals surface area contributed by atoms with Crippen molar-refractivity contribution in [3.8, 4) is 0 Å². The van der Waals surface area contributed by atoms with Crippen LogP contribution in [0.5, 0.6) is 0 Å². The molecule has 0 aliphatic carbocycles. The largest absolute Gasteiger partial charge is 0.459 e. The molecule has 30 heavy (non-hydrogen) atoms. The van der Waals surface area contributed by atoms with E-state index in [1.54, 1.807) is 41.3 Å². The van der Waals surface area contributed by atoms with E-state index in [0.717, 1.165) is 10.6 Å². The smallest absolute Gasteiger partial charge is 0.291 e. The Hall–Kier alpha value is -3.52. The Labute approximate surface area is 176 Å². The highest BCUT2D eigenvalue weighted by molar-refractivity contribution is 8.02. The first-order valence-corrected chi connectivity index (χ1v) is 10.3. The van der Waals surface area contributed by atoms with Crippen LogP contribution in [0.2, 0.25) is 0 Å². The summed E-state index contributed by atoms with van der Waals surface area (Å²) < 4.78 is 5.07. The molecule has 2 aliphatic rings. The Bertz CT molecular complexity index is 1140. The van der Waals surface area contributed by atoms with E-state index in [-0.39, 0.29) is 23.5 Å². The summed E-state index contributed by atoms with van der Waals surface area (Å²) in [6.45, 7) is 0. The predicted octanol–water partition coefficient (Wildman–Crippen LogP) is 4.10. The van der Waals surface area contributed by atoms with Gasteiger partial charge in [0.25, 0.3) is 11.8 Å². The maximum Gasteiger partial charge on any atom is 0.291 e. The van der Waals surface area contributed by atoms with Gasteiger partial charge in [-0.15, -0.1) is 0 Å². The van der Waals surface area contributed by atoms with Crippen LogP contribution in [0.1, 0.15) is 23.4 Å². The van der Waals surface area contributed by atoms with Gasteiger partial charge in [0.05, 0.1) is 12.0 Å². The number of nitrogens with zero attached hydrogens (tertiary/aromatic N) is 1. The molecular formula is C22H17N3O4S. The third-order valence-corrected chi connectivity index (χ3v) is 6.65. The summed E-state index contributed by atoms with van der Waals surface area (Å²) >= 11 is 1.42. The number of carbonyl (C=O) groups is 3. The van der Waals surface area contributed by atoms with Gasteiger partial charge in [0, 0.05) is 22.7 Å². The standard InChI is InChI=1S/C22H17N3O4S/c26-19-11-12-22(25(19)16-4-1-2-6-18(16)30-22)21(28)24-15-9-7-14(8-10-15)23-20(27)17-5-3-13-29-17/h1-10,13H,11-12H2,(H,23,27)(H,24,28). The van der Waals surface area contributed by atoms with Gasteiger partial charge in [-0.3, -0.25) is 19.3 Å². The van der Waals surface area contributed by atoms with E-state index in [4.69, 9.17) is 4.42 Å². The highest BCUT2D eigenvalue weighted by Crippen LogP contribution is 2.56. The van der Waals surface area contributed by atoms with E-state index in [1.165, 1.54) is 18.0 Å². The van der Waals surface area contributed by atoms with Gasteiger partial charge in [0.1, 0.15) is 0 Å². The summed E-state index contributed by atoms with van der Waals surface area (Å²) in [4.78, 5) is 39.4. The molecule has 1 fully saturated rings. The first kappa shape index (κ1) is 18.5. The summed E-state index contributed by atoms with van der Waals surface area (Å²) in [5, 5.41) is 5.66. The molecule has 1 unspecified atom stereocenters. The lowest BCUT2D eigenvalue weighted by Gasteiger charge is -2.29. The van der Waals surface area contributed by atoms with Gasteiger partial charge in [-0.05, 0) is 55.0 Å². The molecule has 0 saturated carbocycles. The molecule has 8 heteroatoms. The van der Waals surface area contributed by atoms with Crippen molar-refractivity contribution in [3.63, 3.8) is 0 Å². The predicted molar refractivity (Wildman–Crippen MR) is 113 cm³/mol. The molecule has 0 radical (unpaired) electrons. The first-order valence-electron chi connectivity index (χ1n) is 9.44. The number of anilines is 3. The number of nitrogens with one attached hydrogen (secondary N) is 2. The Balaban J connectivity index is 1.32. The molecule has 0 bridgehead atoms. The highest BCUT2D eigenvalue weighted by atomic mass is 32.2. The number of furan rings is 1. The van der Waals surface area contributed by atoms with Crippen molar-refractivity contribution < 1.29 is 18.8 Å². The number of hydrogen-bond acceptors (Lipinski definition) is 5. The van der Waals surface area contributed by atoms with Gasteiger partial charge >= 0.3 is 0 Å². The van der Waals surface area contributed by atoms with Crippen LogP contribution in [0.4, 0.5) is 17.1 Å². The molecule has 2 aliphatic heterocycles. The zero-order chi connectivity index (χ0) is 20.7. The summed E-state index contributed by atoms with van der Waals surface area (Å²) in [6, 6.07) is 17.6. The molecule has 3 amide bonds. The second kappa shape index (κ2) is 7.07. The molecule has 5 rings (SSSR count). The number of amides is 3. The maximum absolute atomic E-state index is 13.2. The van der Waals surface area contributed by atoms with Gasteiger partial charge in [0.2, 0.25) is 5.91 Å². The van der Waals surface area contributed by atoms with Crippen molar-refractivity contribution in [3.05, 3.63) is 72.7 Å². The van der Waals surface area contributed by atoms with Gasteiger partial charge in [-0.1, -0.05) is 23.9 Å².